The van der Waals surface area contributed by atoms with E-state index in [1.165, 1.54) is 59.2 Å². The highest BCUT2D eigenvalue weighted by Gasteiger charge is 2.66. The summed E-state index contributed by atoms with van der Waals surface area (Å²) >= 11 is 6.15. The molecular formula is C111H124ClF6N15O13. The number of halogens is 7. The zero-order valence-electron chi connectivity index (χ0n) is 83.5. The molecule has 5 aromatic heterocycles. The Hall–Kier alpha value is -14.1. The van der Waals surface area contributed by atoms with Gasteiger partial charge in [0.05, 0.1) is 95.3 Å². The van der Waals surface area contributed by atoms with Crippen LogP contribution in [-0.2, 0) is 83.0 Å². The first-order chi connectivity index (χ1) is 68.7. The summed E-state index contributed by atoms with van der Waals surface area (Å²) in [4.78, 5) is 121. The van der Waals surface area contributed by atoms with Crippen molar-refractivity contribution in [1.82, 2.24) is 47.8 Å². The molecule has 770 valence electrons. The third-order valence-corrected chi connectivity index (χ3v) is 26.6. The summed E-state index contributed by atoms with van der Waals surface area (Å²) in [7, 11) is 0. The van der Waals surface area contributed by atoms with E-state index in [1.54, 1.807) is 148 Å². The van der Waals surface area contributed by atoms with Gasteiger partial charge in [0.25, 0.3) is 0 Å². The van der Waals surface area contributed by atoms with E-state index in [0.29, 0.717) is 96.0 Å². The number of aromatic nitrogens is 10. The lowest BCUT2D eigenvalue weighted by Gasteiger charge is -2.29. The molecular weight excluding hydrogens is 1900 g/mol. The number of nitrogens with one attached hydrogen (secondary N) is 5. The van der Waals surface area contributed by atoms with Crippen LogP contribution in [-0.4, -0.2) is 125 Å². The lowest BCUT2D eigenvalue weighted by molar-refractivity contribution is -0.143. The second-order valence-corrected chi connectivity index (χ2v) is 41.8. The van der Waals surface area contributed by atoms with E-state index in [4.69, 9.17) is 25.8 Å². The Kier molecular flexibility index (Phi) is 32.5. The fraction of sp³-hybridized carbons (Fsp3) is 0.396. The van der Waals surface area contributed by atoms with Gasteiger partial charge in [-0.2, -0.15) is 0 Å². The molecule has 5 amide bonds. The number of anilines is 5. The van der Waals surface area contributed by atoms with Crippen LogP contribution in [0.15, 0.2) is 176 Å². The minimum absolute atomic E-state index is 0. The Labute approximate surface area is 847 Å². The first-order valence-electron chi connectivity index (χ1n) is 48.8. The van der Waals surface area contributed by atoms with Crippen LogP contribution in [0.1, 0.15) is 228 Å². The minimum Gasteiger partial charge on any atom is -0.466 e. The van der Waals surface area contributed by atoms with Gasteiger partial charge in [-0.3, -0.25) is 78.6 Å². The first kappa shape index (κ1) is 108. The molecule has 5 aliphatic rings. The normalized spacial score (nSPS) is 15.7. The van der Waals surface area contributed by atoms with Gasteiger partial charge in [-0.05, 0) is 260 Å². The number of fused-ring (bicyclic) bond motifs is 5. The highest BCUT2D eigenvalue weighted by atomic mass is 35.5. The quantitative estimate of drug-likeness (QED) is 0.0143. The van der Waals surface area contributed by atoms with Crippen molar-refractivity contribution < 1.29 is 89.1 Å². The predicted molar refractivity (Wildman–Crippen MR) is 550 cm³/mol. The summed E-state index contributed by atoms with van der Waals surface area (Å²) in [6.45, 7) is 26.7. The van der Waals surface area contributed by atoms with Crippen LogP contribution in [0, 0.1) is 68.4 Å². The lowest BCUT2D eigenvalue weighted by atomic mass is 9.92. The third-order valence-electron chi connectivity index (χ3n) is 26.3. The summed E-state index contributed by atoms with van der Waals surface area (Å²) in [6.07, 6.45) is 9.79. The monoisotopic (exact) mass is 2020 g/mol. The molecule has 19 rings (SSSR count). The van der Waals surface area contributed by atoms with E-state index in [2.05, 4.69) is 65.4 Å². The van der Waals surface area contributed by atoms with Crippen LogP contribution in [0.25, 0.3) is 72.2 Å². The number of carbonyl (C=O) groups is 8. The van der Waals surface area contributed by atoms with E-state index in [0.717, 1.165) is 75.3 Å². The van der Waals surface area contributed by atoms with Crippen LogP contribution in [0.3, 0.4) is 0 Å². The molecule has 9 aromatic carbocycles. The number of rotatable bonds is 27. The molecule has 5 aliphatic carbocycles. The Bertz CT molecular complexity index is 7220. The molecule has 35 heteroatoms. The largest absolute Gasteiger partial charge is 0.466 e. The third kappa shape index (κ3) is 25.3. The van der Waals surface area contributed by atoms with Crippen LogP contribution >= 0.6 is 11.6 Å². The van der Waals surface area contributed by atoms with Crippen molar-refractivity contribution in [1.29, 1.82) is 0 Å². The average molecular weight is 2030 g/mol. The van der Waals surface area contributed by atoms with Crippen molar-refractivity contribution in [3.05, 3.63) is 244 Å². The molecule has 14 aromatic rings. The number of imidazole rings is 5. The summed E-state index contributed by atoms with van der Waals surface area (Å²) in [6, 6.07) is 46.8. The fourth-order valence-electron chi connectivity index (χ4n) is 18.0. The van der Waals surface area contributed by atoms with E-state index < -0.39 is 58.3 Å². The molecule has 3 atom stereocenters. The number of hydrogen-bond donors (Lipinski definition) is 7. The van der Waals surface area contributed by atoms with Gasteiger partial charge in [-0.25, -0.2) is 51.3 Å². The number of ether oxygens (including phenoxy) is 3. The summed E-state index contributed by atoms with van der Waals surface area (Å²) in [5, 5.41) is 36.0. The van der Waals surface area contributed by atoms with E-state index >= 15 is 13.2 Å². The molecule has 5 saturated carbocycles. The highest BCUT2D eigenvalue weighted by Crippen LogP contribution is 2.71. The zero-order valence-corrected chi connectivity index (χ0v) is 84.2. The summed E-state index contributed by atoms with van der Waals surface area (Å²) < 4.78 is 110. The van der Waals surface area contributed by atoms with Gasteiger partial charge in [-0.1, -0.05) is 129 Å². The molecule has 0 saturated heterocycles. The van der Waals surface area contributed by atoms with Crippen molar-refractivity contribution in [3.8, 4) is 17.1 Å². The summed E-state index contributed by atoms with van der Waals surface area (Å²) in [5.74, 6) is -3.50. The maximum Gasteiger partial charge on any atom is 0.310 e. The maximum atomic E-state index is 15.5. The minimum atomic E-state index is -1.35. The second kappa shape index (κ2) is 44.0. The number of carbonyl (C=O) groups excluding carboxylic acids is 8. The molecule has 1 unspecified atom stereocenters. The smallest absolute Gasteiger partial charge is 0.310 e. The molecule has 146 heavy (non-hydrogen) atoms. The number of benzene rings is 9. The zero-order chi connectivity index (χ0) is 104. The number of nitrogens with zero attached hydrogens (tertiary/aromatic N) is 10. The van der Waals surface area contributed by atoms with Crippen molar-refractivity contribution in [3.63, 3.8) is 0 Å². The lowest BCUT2D eigenvalue weighted by Crippen LogP contribution is -2.29. The molecule has 5 fully saturated rings. The maximum absolute atomic E-state index is 15.5. The fourth-order valence-corrected chi connectivity index (χ4v) is 18.1. The highest BCUT2D eigenvalue weighted by molar-refractivity contribution is 6.31. The van der Waals surface area contributed by atoms with Crippen molar-refractivity contribution in [2.45, 2.75) is 230 Å². The molecule has 28 nitrogen and oxygen atoms in total. The number of esters is 3. The van der Waals surface area contributed by atoms with E-state index in [1.807, 2.05) is 74.9 Å². The van der Waals surface area contributed by atoms with Gasteiger partial charge in [0.2, 0.25) is 59.3 Å². The molecule has 7 N–H and O–H groups in total. The van der Waals surface area contributed by atoms with E-state index in [-0.39, 0.29) is 174 Å². The van der Waals surface area contributed by atoms with Gasteiger partial charge in [0, 0.05) is 75.5 Å². The van der Waals surface area contributed by atoms with Gasteiger partial charge < -0.3 is 33.6 Å². The molecule has 0 radical (unpaired) electrons. The van der Waals surface area contributed by atoms with Crippen LogP contribution < -0.4 is 26.6 Å². The number of amides is 5. The second-order valence-electron chi connectivity index (χ2n) is 41.4. The topological polar surface area (TPSA) is 354 Å². The first-order valence-corrected chi connectivity index (χ1v) is 49.1. The number of aliphatic hydroxyl groups is 2. The van der Waals surface area contributed by atoms with Gasteiger partial charge in [0.15, 0.2) is 17.5 Å². The van der Waals surface area contributed by atoms with Gasteiger partial charge in [0.1, 0.15) is 34.0 Å². The Morgan fingerprint density at radius 1 is 0.411 bits per heavy atom. The predicted octanol–water partition coefficient (Wildman–Crippen LogP) is 23.0. The SMILES string of the molecule is C.CC(C)(O)c1ccc2nc(NC(=O)C3CC34CC4)n(-c3ccc(F)cc3)c2c1.CCOC(=O)Cc1ccc2nc(NC(=O)CC(C)(C)C)n(-c3ccc(F)cc3)c2c1F.CCOC(=O)Cc1ccc2nc(NC(=O)CC(C)(C)C)n(C3CCC3)c2c1F.CCOC(=O)Cc1ccc2nc(NC(=O)[C@H]3CC3(C)C)n(C3CCC3)c2c1F.C[C@@](O)(CC(=O)Nc1nc2ccc(Cl)cc2n1-c1ccc(F)cc1)c1ccccc1. The Morgan fingerprint density at radius 3 is 1.16 bits per heavy atom. The summed E-state index contributed by atoms with van der Waals surface area (Å²) in [5.41, 5.74) is 6.08. The van der Waals surface area contributed by atoms with Crippen LogP contribution in [0.5, 0.6) is 0 Å². The number of hydrogen-bond acceptors (Lipinski definition) is 18. The van der Waals surface area contributed by atoms with Gasteiger partial charge >= 0.3 is 17.9 Å². The Balaban J connectivity index is 0.000000144. The molecule has 0 bridgehead atoms. The average Bonchev–Trinajstić information content (AvgIpc) is 1.53. The van der Waals surface area contributed by atoms with Crippen molar-refractivity contribution in [2.75, 3.05) is 46.4 Å². The van der Waals surface area contributed by atoms with Crippen molar-refractivity contribution >= 4 is 144 Å². The van der Waals surface area contributed by atoms with Crippen LogP contribution in [0.2, 0.25) is 5.02 Å². The Morgan fingerprint density at radius 2 is 0.760 bits per heavy atom. The van der Waals surface area contributed by atoms with Crippen LogP contribution in [0.4, 0.5) is 56.1 Å². The van der Waals surface area contributed by atoms with Crippen molar-refractivity contribution in [2.24, 2.45) is 33.5 Å². The van der Waals surface area contributed by atoms with Gasteiger partial charge in [-0.15, -0.1) is 0 Å². The molecule has 5 heterocycles. The molecule has 0 aliphatic heterocycles. The van der Waals surface area contributed by atoms with E-state index in [9.17, 15) is 61.7 Å². The molecule has 1 spiro atoms. The standard InChI is InChI=1S/C23H19ClFN3O2.C23H25F2N3O3.C22H22FN3O2.C21H26FN3O3.C21H28FN3O3.CH4/c1-23(30,15-5-3-2-4-6-15)14-21(29)27-22-26-19-12-7-16(24)13-20(19)28(22)18-10-8-17(25)9-11-18;1-5-31-19(30)12-14-6-11-17-21(20(14)25)28(16-9-7-15(24)8-10-16)22(26-17)27-18(29)13-23(2,3)4;1-21(2,28)13-3-8-17-18(11-13)26(15-6-4-14(23)5-7-15)20(24-17)25-19(27)16-12-22(16)9-10-22;1-4-28-16(26)10-12-8-9-15-18(17(12)22)25(13-6-5-7-13)20(23-15)24-19(27)14-11-21(14,2)3;1-5-28-17(27)11-13-9-10-15-19(18(13)22)25(14-7-6-8-14)20(23-15)24-16(26)12-21(2,3)4;/h2-13,30H,14H2,1H3,(H,26,27,29);6-11H,5,12-13H2,1-4H3,(H,26,27,29);3-8,11,16,28H,9-10,12H2,1-2H3,(H,24,25,27);8-9,13-14H,4-7,10-11H2,1-3H3,(H,23,24,27);9-10,14H,5-8,11-12H2,1-4H3,(H,23,24,26);1H4/t23-;;;14-;;/m1..1../s1.